The van der Waals surface area contributed by atoms with Crippen molar-refractivity contribution < 1.29 is 4.79 Å². The maximum atomic E-state index is 12.6. The normalized spacial score (nSPS) is 10.5. The second kappa shape index (κ2) is 9.41. The highest BCUT2D eigenvalue weighted by Crippen LogP contribution is 2.22. The van der Waals surface area contributed by atoms with Crippen LogP contribution in [0.4, 0.5) is 11.5 Å². The molecule has 0 saturated heterocycles. The first-order valence-corrected chi connectivity index (χ1v) is 10.2. The molecule has 2 N–H and O–H groups in total. The summed E-state index contributed by atoms with van der Waals surface area (Å²) in [6.07, 6.45) is 1.53. The Morgan fingerprint density at radius 2 is 1.77 bits per heavy atom. The number of nitrogens with one attached hydrogen (secondary N) is 2. The Bertz CT molecular complexity index is 1230. The van der Waals surface area contributed by atoms with E-state index in [2.05, 4.69) is 26.7 Å². The largest absolute Gasteiger partial charge is 0.348 e. The van der Waals surface area contributed by atoms with Crippen LogP contribution in [-0.2, 0) is 6.54 Å². The van der Waals surface area contributed by atoms with E-state index in [-0.39, 0.29) is 5.91 Å². The van der Waals surface area contributed by atoms with Crippen molar-refractivity contribution in [2.24, 2.45) is 0 Å². The first-order chi connectivity index (χ1) is 15.1. The average molecular weight is 429 g/mol. The fourth-order valence-corrected chi connectivity index (χ4v) is 3.40. The predicted octanol–water partition coefficient (Wildman–Crippen LogP) is 5.78. The van der Waals surface area contributed by atoms with Crippen molar-refractivity contribution in [1.29, 1.82) is 0 Å². The minimum atomic E-state index is -0.174. The average Bonchev–Trinajstić information content (AvgIpc) is 2.79. The van der Waals surface area contributed by atoms with E-state index >= 15 is 0 Å². The number of anilines is 2. The van der Waals surface area contributed by atoms with E-state index < -0.39 is 0 Å². The Morgan fingerprint density at radius 3 is 2.61 bits per heavy atom. The van der Waals surface area contributed by atoms with Crippen LogP contribution in [0.3, 0.4) is 0 Å². The summed E-state index contributed by atoms with van der Waals surface area (Å²) < 4.78 is 0. The third kappa shape index (κ3) is 5.27. The number of rotatable bonds is 6. The number of halogens is 1. The van der Waals surface area contributed by atoms with Crippen LogP contribution in [0.2, 0.25) is 5.02 Å². The molecular weight excluding hydrogens is 408 g/mol. The standard InChI is InChI=1S/C25H21ClN4O/c1-17-6-4-8-18(12-17)23-14-24(29-16-28-23)30-21-10-5-9-19(13-21)25(31)27-15-20-7-2-3-11-22(20)26/h2-14,16H,15H2,1H3,(H,27,31)(H,28,29,30). The molecule has 154 valence electrons. The van der Waals surface area contributed by atoms with Gasteiger partial charge in [-0.15, -0.1) is 0 Å². The Morgan fingerprint density at radius 1 is 0.935 bits per heavy atom. The van der Waals surface area contributed by atoms with Gasteiger partial charge in [0, 0.05) is 34.4 Å². The van der Waals surface area contributed by atoms with Crippen molar-refractivity contribution in [3.63, 3.8) is 0 Å². The molecule has 0 fully saturated rings. The van der Waals surface area contributed by atoms with Gasteiger partial charge in [-0.3, -0.25) is 4.79 Å². The third-order valence-electron chi connectivity index (χ3n) is 4.78. The van der Waals surface area contributed by atoms with E-state index in [0.717, 1.165) is 22.5 Å². The number of aromatic nitrogens is 2. The van der Waals surface area contributed by atoms with E-state index in [1.165, 1.54) is 11.9 Å². The summed E-state index contributed by atoms with van der Waals surface area (Å²) >= 11 is 6.16. The van der Waals surface area contributed by atoms with Crippen molar-refractivity contribution >= 4 is 29.0 Å². The molecule has 0 spiro atoms. The zero-order valence-corrected chi connectivity index (χ0v) is 17.7. The number of benzene rings is 3. The second-order valence-electron chi connectivity index (χ2n) is 7.14. The van der Waals surface area contributed by atoms with E-state index in [4.69, 9.17) is 11.6 Å². The lowest BCUT2D eigenvalue weighted by molar-refractivity contribution is 0.0951. The molecule has 31 heavy (non-hydrogen) atoms. The van der Waals surface area contributed by atoms with Crippen molar-refractivity contribution in [3.8, 4) is 11.3 Å². The lowest BCUT2D eigenvalue weighted by Gasteiger charge is -2.10. The van der Waals surface area contributed by atoms with Crippen LogP contribution in [0.25, 0.3) is 11.3 Å². The predicted molar refractivity (Wildman–Crippen MR) is 125 cm³/mol. The Balaban J connectivity index is 1.47. The number of aryl methyl sites for hydroxylation is 1. The van der Waals surface area contributed by atoms with Crippen LogP contribution in [0.1, 0.15) is 21.5 Å². The molecule has 6 heteroatoms. The minimum Gasteiger partial charge on any atom is -0.348 e. The first kappa shape index (κ1) is 20.6. The maximum Gasteiger partial charge on any atom is 0.251 e. The molecule has 4 rings (SSSR count). The van der Waals surface area contributed by atoms with Gasteiger partial charge in [0.25, 0.3) is 5.91 Å². The molecule has 4 aromatic rings. The molecule has 0 aliphatic rings. The number of hydrogen-bond donors (Lipinski definition) is 2. The monoisotopic (exact) mass is 428 g/mol. The molecule has 5 nitrogen and oxygen atoms in total. The molecule has 0 aliphatic heterocycles. The topological polar surface area (TPSA) is 66.9 Å². The van der Waals surface area contributed by atoms with Crippen molar-refractivity contribution in [3.05, 3.63) is 107 Å². The van der Waals surface area contributed by atoms with Gasteiger partial charge in [-0.2, -0.15) is 0 Å². The van der Waals surface area contributed by atoms with Gasteiger partial charge in [0.05, 0.1) is 5.69 Å². The molecule has 1 aromatic heterocycles. The Kier molecular flexibility index (Phi) is 6.24. The summed E-state index contributed by atoms with van der Waals surface area (Å²) in [6.45, 7) is 2.41. The van der Waals surface area contributed by atoms with Gasteiger partial charge in [0.1, 0.15) is 12.1 Å². The zero-order chi connectivity index (χ0) is 21.6. The molecule has 0 radical (unpaired) electrons. The highest BCUT2D eigenvalue weighted by molar-refractivity contribution is 6.31. The lowest BCUT2D eigenvalue weighted by Crippen LogP contribution is -2.22. The second-order valence-corrected chi connectivity index (χ2v) is 7.55. The van der Waals surface area contributed by atoms with Gasteiger partial charge in [0.2, 0.25) is 0 Å². The number of hydrogen-bond acceptors (Lipinski definition) is 4. The van der Waals surface area contributed by atoms with Crippen LogP contribution in [0, 0.1) is 6.92 Å². The molecule has 0 unspecified atom stereocenters. The summed E-state index contributed by atoms with van der Waals surface area (Å²) in [5.41, 5.74) is 5.20. The van der Waals surface area contributed by atoms with Crippen LogP contribution in [-0.4, -0.2) is 15.9 Å². The number of carbonyl (C=O) groups is 1. The smallest absolute Gasteiger partial charge is 0.251 e. The van der Waals surface area contributed by atoms with Gasteiger partial charge in [-0.25, -0.2) is 9.97 Å². The van der Waals surface area contributed by atoms with E-state index in [1.807, 2.05) is 61.5 Å². The summed E-state index contributed by atoms with van der Waals surface area (Å²) in [5.74, 6) is 0.479. The van der Waals surface area contributed by atoms with Crippen molar-refractivity contribution in [2.45, 2.75) is 13.5 Å². The number of carbonyl (C=O) groups excluding carboxylic acids is 1. The minimum absolute atomic E-state index is 0.174. The quantitative estimate of drug-likeness (QED) is 0.408. The van der Waals surface area contributed by atoms with Crippen LogP contribution < -0.4 is 10.6 Å². The zero-order valence-electron chi connectivity index (χ0n) is 17.0. The summed E-state index contributed by atoms with van der Waals surface area (Å²) in [6, 6.07) is 24.8. The fourth-order valence-electron chi connectivity index (χ4n) is 3.19. The van der Waals surface area contributed by atoms with Crippen molar-refractivity contribution in [1.82, 2.24) is 15.3 Å². The third-order valence-corrected chi connectivity index (χ3v) is 5.14. The first-order valence-electron chi connectivity index (χ1n) is 9.86. The Labute approximate surface area is 186 Å². The Hall–Kier alpha value is -3.70. The van der Waals surface area contributed by atoms with Gasteiger partial charge < -0.3 is 10.6 Å². The van der Waals surface area contributed by atoms with E-state index in [1.54, 1.807) is 18.2 Å². The van der Waals surface area contributed by atoms with E-state index in [9.17, 15) is 4.79 Å². The van der Waals surface area contributed by atoms with Crippen LogP contribution >= 0.6 is 11.6 Å². The fraction of sp³-hybridized carbons (Fsp3) is 0.0800. The van der Waals surface area contributed by atoms with E-state index in [0.29, 0.717) is 22.9 Å². The number of amides is 1. The van der Waals surface area contributed by atoms with Gasteiger partial charge in [0.15, 0.2) is 0 Å². The molecule has 1 heterocycles. The summed E-state index contributed by atoms with van der Waals surface area (Å²) in [4.78, 5) is 21.3. The summed E-state index contributed by atoms with van der Waals surface area (Å²) in [5, 5.41) is 6.79. The summed E-state index contributed by atoms with van der Waals surface area (Å²) in [7, 11) is 0. The van der Waals surface area contributed by atoms with Crippen molar-refractivity contribution in [2.75, 3.05) is 5.32 Å². The molecule has 3 aromatic carbocycles. The number of nitrogens with zero attached hydrogens (tertiary/aromatic N) is 2. The van der Waals surface area contributed by atoms with Gasteiger partial charge in [-0.1, -0.05) is 59.6 Å². The molecule has 0 saturated carbocycles. The highest BCUT2D eigenvalue weighted by Gasteiger charge is 2.09. The lowest BCUT2D eigenvalue weighted by atomic mass is 10.1. The van der Waals surface area contributed by atoms with Gasteiger partial charge in [-0.05, 0) is 42.8 Å². The molecule has 0 bridgehead atoms. The molecule has 0 atom stereocenters. The SMILES string of the molecule is Cc1cccc(-c2cc(Nc3cccc(C(=O)NCc4ccccc4Cl)c3)ncn2)c1. The molecule has 1 amide bonds. The highest BCUT2D eigenvalue weighted by atomic mass is 35.5. The molecule has 0 aliphatic carbocycles. The van der Waals surface area contributed by atoms with Crippen LogP contribution in [0.5, 0.6) is 0 Å². The molecular formula is C25H21ClN4O. The van der Waals surface area contributed by atoms with Crippen LogP contribution in [0.15, 0.2) is 85.2 Å². The van der Waals surface area contributed by atoms with Gasteiger partial charge >= 0.3 is 0 Å². The maximum absolute atomic E-state index is 12.6.